The van der Waals surface area contributed by atoms with Crippen LogP contribution in [0.5, 0.6) is 0 Å². The van der Waals surface area contributed by atoms with Crippen molar-refractivity contribution in [3.63, 3.8) is 0 Å². The zero-order valence-electron chi connectivity index (χ0n) is 36.0. The highest BCUT2D eigenvalue weighted by molar-refractivity contribution is 5.92. The molecule has 4 heterocycles. The number of aromatic amines is 1. The third-order valence-electron chi connectivity index (χ3n) is 11.6. The van der Waals surface area contributed by atoms with E-state index < -0.39 is 0 Å². The Morgan fingerprint density at radius 2 is 1.37 bits per heavy atom. The van der Waals surface area contributed by atoms with Gasteiger partial charge in [-0.3, -0.25) is 19.9 Å². The molecule has 65 heavy (non-hydrogen) atoms. The van der Waals surface area contributed by atoms with Crippen LogP contribution in [0.4, 0.5) is 21.0 Å². The summed E-state index contributed by atoms with van der Waals surface area (Å²) in [6.07, 6.45) is 7.00. The van der Waals surface area contributed by atoms with Gasteiger partial charge >= 0.3 is 12.1 Å². The largest absolute Gasteiger partial charge is 0.340 e. The van der Waals surface area contributed by atoms with Crippen LogP contribution in [0, 0.1) is 0 Å². The fourth-order valence-electron chi connectivity index (χ4n) is 8.28. The minimum Gasteiger partial charge on any atom is -0.340 e. The lowest BCUT2D eigenvalue weighted by Crippen LogP contribution is -2.43. The van der Waals surface area contributed by atoms with Gasteiger partial charge in [-0.15, -0.1) is 0 Å². The molecule has 2 unspecified atom stereocenters. The first-order valence-corrected chi connectivity index (χ1v) is 22.0. The van der Waals surface area contributed by atoms with E-state index in [2.05, 4.69) is 76.9 Å². The monoisotopic (exact) mass is 861 g/mol. The number of imidazole rings is 1. The van der Waals surface area contributed by atoms with Crippen LogP contribution in [0.1, 0.15) is 69.1 Å². The summed E-state index contributed by atoms with van der Waals surface area (Å²) in [5, 5.41) is 16.1. The van der Waals surface area contributed by atoms with Crippen LogP contribution in [0.25, 0.3) is 11.0 Å². The van der Waals surface area contributed by atoms with Crippen LogP contribution in [-0.2, 0) is 45.7 Å². The molecule has 1 aliphatic carbocycles. The molecule has 0 spiro atoms. The van der Waals surface area contributed by atoms with Gasteiger partial charge in [0.2, 0.25) is 0 Å². The van der Waals surface area contributed by atoms with Gasteiger partial charge in [-0.05, 0) is 113 Å². The molecule has 0 radical (unpaired) electrons. The van der Waals surface area contributed by atoms with Crippen molar-refractivity contribution in [2.24, 2.45) is 0 Å². The van der Waals surface area contributed by atoms with Crippen molar-refractivity contribution in [1.82, 2.24) is 46.2 Å². The molecule has 1 aliphatic rings. The first-order valence-electron chi connectivity index (χ1n) is 22.0. The van der Waals surface area contributed by atoms with Crippen molar-refractivity contribution in [3.8, 4) is 0 Å². The van der Waals surface area contributed by atoms with E-state index in [9.17, 15) is 9.59 Å². The maximum Gasteiger partial charge on any atom is 0.322 e. The Morgan fingerprint density at radius 1 is 0.646 bits per heavy atom. The van der Waals surface area contributed by atoms with Gasteiger partial charge in [0.15, 0.2) is 0 Å². The minimum atomic E-state index is -0.304. The van der Waals surface area contributed by atoms with Crippen LogP contribution in [0.2, 0.25) is 0 Å². The number of para-hydroxylation sites is 2. The second-order valence-electron chi connectivity index (χ2n) is 16.2. The fourth-order valence-corrected chi connectivity index (χ4v) is 8.28. The Morgan fingerprint density at radius 3 is 2.15 bits per heavy atom. The number of hydrogen-bond donors (Lipinski definition) is 6. The fraction of sp³-hybridized carbons (Fsp3) is 0.192. The lowest BCUT2D eigenvalue weighted by Gasteiger charge is -2.33. The number of amides is 4. The zero-order chi connectivity index (χ0) is 44.2. The number of rotatable bonds is 16. The summed E-state index contributed by atoms with van der Waals surface area (Å²) in [5.41, 5.74) is 11.7. The number of urea groups is 2. The number of benzene rings is 4. The van der Waals surface area contributed by atoms with E-state index in [1.807, 2.05) is 133 Å². The third-order valence-corrected chi connectivity index (χ3v) is 11.6. The number of pyridine rings is 3. The molecule has 9 rings (SSSR count). The number of anilines is 2. The Hall–Kier alpha value is -7.74. The number of carbonyl (C=O) groups is 2. The van der Waals surface area contributed by atoms with Crippen molar-refractivity contribution < 1.29 is 9.59 Å². The van der Waals surface area contributed by atoms with E-state index in [0.717, 1.165) is 62.5 Å². The number of fused-ring (bicyclic) bond motifs is 2. The second kappa shape index (κ2) is 20.6. The highest BCUT2D eigenvalue weighted by atomic mass is 16.2. The Bertz CT molecular complexity index is 2780. The van der Waals surface area contributed by atoms with E-state index in [4.69, 9.17) is 4.98 Å². The van der Waals surface area contributed by atoms with Crippen LogP contribution in [0.15, 0.2) is 164 Å². The van der Waals surface area contributed by atoms with Crippen molar-refractivity contribution in [3.05, 3.63) is 215 Å². The highest BCUT2D eigenvalue weighted by Crippen LogP contribution is 2.38. The molecule has 0 saturated heterocycles. The molecule has 0 saturated carbocycles. The summed E-state index contributed by atoms with van der Waals surface area (Å²) < 4.78 is 0. The van der Waals surface area contributed by atoms with Gasteiger partial charge < -0.3 is 31.6 Å². The number of nitrogens with one attached hydrogen (secondary N) is 6. The van der Waals surface area contributed by atoms with Crippen LogP contribution < -0.4 is 31.5 Å². The maximum atomic E-state index is 14.5. The van der Waals surface area contributed by atoms with E-state index >= 15 is 0 Å². The molecule has 4 aromatic heterocycles. The molecule has 13 heteroatoms. The summed E-state index contributed by atoms with van der Waals surface area (Å²) in [4.78, 5) is 50.5. The lowest BCUT2D eigenvalue weighted by atomic mass is 9.79. The smallest absolute Gasteiger partial charge is 0.322 e. The molecule has 4 amide bonds. The molecule has 0 fully saturated rings. The summed E-state index contributed by atoms with van der Waals surface area (Å²) >= 11 is 0. The quantitative estimate of drug-likeness (QED) is 0.0561. The van der Waals surface area contributed by atoms with Gasteiger partial charge in [-0.2, -0.15) is 0 Å². The molecular weight excluding hydrogens is 811 g/mol. The molecule has 13 nitrogen and oxygen atoms in total. The second-order valence-corrected chi connectivity index (χ2v) is 16.2. The van der Waals surface area contributed by atoms with Gasteiger partial charge in [0.05, 0.1) is 47.2 Å². The minimum absolute atomic E-state index is 0.148. The average Bonchev–Trinajstić information content (AvgIpc) is 3.77. The average molecular weight is 862 g/mol. The standard InChI is InChI=1S/C52H51N11O2/c64-51(58-34-49-60-46-13-4-5-14-47(46)61-49)59-42-19-15-36(16-20-42)30-54-33-44-28-39(23-26-56-44)41-27-40-11-8-25-57-50(40)48(29-41)62-52(65)63(35-38-9-2-1-3-10-38)45-21-17-37(18-22-45)31-53-32-43-12-6-7-24-55-43/h1-26,28,41,48,53-54H,27,29-35H2,(H,60,61)(H,62,65)(H2,58,59,64). The topological polar surface area (TPSA) is 165 Å². The summed E-state index contributed by atoms with van der Waals surface area (Å²) in [7, 11) is 0. The van der Waals surface area contributed by atoms with Gasteiger partial charge in [0.25, 0.3) is 0 Å². The van der Waals surface area contributed by atoms with Gasteiger partial charge in [0, 0.05) is 56.1 Å². The van der Waals surface area contributed by atoms with Gasteiger partial charge in [-0.25, -0.2) is 14.6 Å². The lowest BCUT2D eigenvalue weighted by molar-refractivity contribution is 0.239. The summed E-state index contributed by atoms with van der Waals surface area (Å²) in [5.74, 6) is 0.842. The van der Waals surface area contributed by atoms with E-state index in [0.29, 0.717) is 50.7 Å². The van der Waals surface area contributed by atoms with Crippen molar-refractivity contribution in [2.45, 2.75) is 64.1 Å². The van der Waals surface area contributed by atoms with Crippen LogP contribution >= 0.6 is 0 Å². The first-order chi connectivity index (χ1) is 32.0. The molecule has 0 aliphatic heterocycles. The Labute approximate surface area is 378 Å². The number of aromatic nitrogens is 5. The molecule has 6 N–H and O–H groups in total. The first kappa shape index (κ1) is 42.6. The predicted octanol–water partition coefficient (Wildman–Crippen LogP) is 8.84. The van der Waals surface area contributed by atoms with Gasteiger partial charge in [0.1, 0.15) is 5.82 Å². The Kier molecular flexibility index (Phi) is 13.5. The molecular formula is C52H51N11O2. The summed E-state index contributed by atoms with van der Waals surface area (Å²) in [6, 6.07) is 47.3. The molecule has 8 aromatic rings. The molecule has 326 valence electrons. The third kappa shape index (κ3) is 11.3. The van der Waals surface area contributed by atoms with Gasteiger partial charge in [-0.1, -0.05) is 78.9 Å². The SMILES string of the molecule is O=C(NCc1nc2ccccc2[nH]1)Nc1ccc(CNCc2cc(C3Cc4cccnc4C(NC(=O)N(Cc4ccccc4)c4ccc(CNCc5ccccn5)cc4)C3)ccn2)cc1. The number of carbonyl (C=O) groups excluding carboxylic acids is 2. The number of nitrogens with zero attached hydrogens (tertiary/aromatic N) is 5. The van der Waals surface area contributed by atoms with Crippen molar-refractivity contribution >= 4 is 34.5 Å². The highest BCUT2D eigenvalue weighted by Gasteiger charge is 2.32. The number of H-pyrrole nitrogens is 1. The maximum absolute atomic E-state index is 14.5. The van der Waals surface area contributed by atoms with E-state index in [1.165, 1.54) is 5.56 Å². The van der Waals surface area contributed by atoms with Crippen molar-refractivity contribution in [1.29, 1.82) is 0 Å². The summed E-state index contributed by atoms with van der Waals surface area (Å²) in [6.45, 7) is 3.27. The van der Waals surface area contributed by atoms with E-state index in [-0.39, 0.29) is 30.6 Å². The van der Waals surface area contributed by atoms with Crippen molar-refractivity contribution in [2.75, 3.05) is 10.2 Å². The Balaban J connectivity index is 0.807. The van der Waals surface area contributed by atoms with Crippen LogP contribution in [-0.4, -0.2) is 37.0 Å². The zero-order valence-corrected chi connectivity index (χ0v) is 36.0. The normalized spacial score (nSPS) is 14.3. The predicted molar refractivity (Wildman–Crippen MR) is 254 cm³/mol. The molecule has 4 aromatic carbocycles. The molecule has 0 bridgehead atoms. The van der Waals surface area contributed by atoms with E-state index in [1.54, 1.807) is 6.20 Å². The van der Waals surface area contributed by atoms with Crippen LogP contribution in [0.3, 0.4) is 0 Å². The molecule has 2 atom stereocenters. The number of hydrogen-bond acceptors (Lipinski definition) is 8.